The second-order valence-corrected chi connectivity index (χ2v) is 5.06. The smallest absolute Gasteiger partial charge is 0.0569 e. The summed E-state index contributed by atoms with van der Waals surface area (Å²) in [6.45, 7) is 7.71. The van der Waals surface area contributed by atoms with Crippen molar-refractivity contribution in [2.75, 3.05) is 26.3 Å². The quantitative estimate of drug-likeness (QED) is 0.727. The molecule has 2 fully saturated rings. The van der Waals surface area contributed by atoms with Crippen LogP contribution in [0.15, 0.2) is 24.3 Å². The molecular formula is C13H17NO. The first-order valence-corrected chi connectivity index (χ1v) is 5.62. The van der Waals surface area contributed by atoms with Gasteiger partial charge in [-0.2, -0.15) is 0 Å². The molecule has 2 nitrogen and oxygen atoms in total. The number of hydrogen-bond donors (Lipinski definition) is 0. The van der Waals surface area contributed by atoms with Crippen molar-refractivity contribution in [1.29, 1.82) is 0 Å². The zero-order valence-corrected chi connectivity index (χ0v) is 9.20. The molecule has 0 radical (unpaired) electrons. The van der Waals surface area contributed by atoms with E-state index in [0.29, 0.717) is 5.41 Å². The summed E-state index contributed by atoms with van der Waals surface area (Å²) in [5.41, 5.74) is 3.42. The van der Waals surface area contributed by atoms with Crippen molar-refractivity contribution in [3.05, 3.63) is 35.4 Å². The lowest BCUT2D eigenvalue weighted by Gasteiger charge is -2.55. The van der Waals surface area contributed by atoms with Crippen molar-refractivity contribution >= 4 is 0 Å². The molecule has 2 heteroatoms. The first kappa shape index (κ1) is 9.37. The third-order valence-electron chi connectivity index (χ3n) is 3.59. The molecule has 3 rings (SSSR count). The van der Waals surface area contributed by atoms with Crippen LogP contribution in [0.4, 0.5) is 0 Å². The molecule has 2 heterocycles. The van der Waals surface area contributed by atoms with E-state index in [1.54, 1.807) is 0 Å². The number of ether oxygens (including phenoxy) is 1. The molecule has 0 amide bonds. The summed E-state index contributed by atoms with van der Waals surface area (Å²) in [6.07, 6.45) is 0. The molecule has 0 aromatic heterocycles. The zero-order chi connectivity index (χ0) is 10.3. The van der Waals surface area contributed by atoms with Gasteiger partial charge in [-0.15, -0.1) is 0 Å². The molecule has 0 atom stereocenters. The van der Waals surface area contributed by atoms with Crippen LogP contribution in [0.1, 0.15) is 11.1 Å². The summed E-state index contributed by atoms with van der Waals surface area (Å²) in [5.74, 6) is 0. The molecule has 1 aromatic rings. The van der Waals surface area contributed by atoms with Gasteiger partial charge in [0.2, 0.25) is 0 Å². The highest BCUT2D eigenvalue weighted by Gasteiger charge is 2.48. The van der Waals surface area contributed by atoms with Crippen LogP contribution in [0.2, 0.25) is 0 Å². The highest BCUT2D eigenvalue weighted by Crippen LogP contribution is 2.38. The zero-order valence-electron chi connectivity index (χ0n) is 9.20. The second kappa shape index (κ2) is 3.32. The number of hydrogen-bond acceptors (Lipinski definition) is 2. The van der Waals surface area contributed by atoms with Crippen molar-refractivity contribution in [1.82, 2.24) is 4.90 Å². The summed E-state index contributed by atoms with van der Waals surface area (Å²) in [5, 5.41) is 0. The van der Waals surface area contributed by atoms with Gasteiger partial charge in [0.25, 0.3) is 0 Å². The molecule has 0 N–H and O–H groups in total. The van der Waals surface area contributed by atoms with Crippen LogP contribution in [-0.4, -0.2) is 31.2 Å². The Labute approximate surface area is 90.8 Å². The van der Waals surface area contributed by atoms with E-state index < -0.39 is 0 Å². The normalized spacial score (nSPS) is 23.5. The van der Waals surface area contributed by atoms with E-state index in [4.69, 9.17) is 4.74 Å². The highest BCUT2D eigenvalue weighted by molar-refractivity contribution is 5.25. The Morgan fingerprint density at radius 1 is 1.27 bits per heavy atom. The minimum Gasteiger partial charge on any atom is -0.380 e. The predicted octanol–water partition coefficient (Wildman–Crippen LogP) is 1.83. The van der Waals surface area contributed by atoms with E-state index in [1.807, 2.05) is 0 Å². The lowest BCUT2D eigenvalue weighted by atomic mass is 9.78. The summed E-state index contributed by atoms with van der Waals surface area (Å²) >= 11 is 0. The second-order valence-electron chi connectivity index (χ2n) is 5.06. The van der Waals surface area contributed by atoms with Crippen LogP contribution < -0.4 is 0 Å². The first-order chi connectivity index (χ1) is 7.27. The molecular weight excluding hydrogens is 186 g/mol. The Morgan fingerprint density at radius 2 is 2.00 bits per heavy atom. The van der Waals surface area contributed by atoms with Gasteiger partial charge >= 0.3 is 0 Å². The molecule has 80 valence electrons. The molecule has 2 aliphatic heterocycles. The average molecular weight is 203 g/mol. The number of benzene rings is 1. The molecule has 2 saturated heterocycles. The summed E-state index contributed by atoms with van der Waals surface area (Å²) in [7, 11) is 0. The van der Waals surface area contributed by atoms with Gasteiger partial charge in [0.1, 0.15) is 0 Å². The van der Waals surface area contributed by atoms with Crippen molar-refractivity contribution in [2.45, 2.75) is 13.5 Å². The summed E-state index contributed by atoms with van der Waals surface area (Å²) in [6, 6.07) is 8.66. The number of likely N-dealkylation sites (tertiary alicyclic amines) is 1. The van der Waals surface area contributed by atoms with Crippen molar-refractivity contribution in [3.63, 3.8) is 0 Å². The van der Waals surface area contributed by atoms with Crippen molar-refractivity contribution in [2.24, 2.45) is 5.41 Å². The molecule has 0 bridgehead atoms. The maximum absolute atomic E-state index is 5.28. The molecule has 1 aromatic carbocycles. The molecule has 0 saturated carbocycles. The van der Waals surface area contributed by atoms with Crippen LogP contribution >= 0.6 is 0 Å². The van der Waals surface area contributed by atoms with Gasteiger partial charge in [-0.05, 0) is 18.1 Å². The van der Waals surface area contributed by atoms with E-state index in [2.05, 4.69) is 36.1 Å². The molecule has 0 aliphatic carbocycles. The van der Waals surface area contributed by atoms with Gasteiger partial charge in [0.15, 0.2) is 0 Å². The third kappa shape index (κ3) is 1.58. The average Bonchev–Trinajstić information content (AvgIpc) is 2.10. The maximum Gasteiger partial charge on any atom is 0.0569 e. The summed E-state index contributed by atoms with van der Waals surface area (Å²) < 4.78 is 5.28. The van der Waals surface area contributed by atoms with Crippen molar-refractivity contribution < 1.29 is 4.74 Å². The Hall–Kier alpha value is -0.860. The van der Waals surface area contributed by atoms with Gasteiger partial charge < -0.3 is 4.74 Å². The van der Waals surface area contributed by atoms with E-state index >= 15 is 0 Å². The molecule has 0 unspecified atom stereocenters. The Balaban J connectivity index is 1.61. The monoisotopic (exact) mass is 203 g/mol. The fourth-order valence-electron chi connectivity index (χ4n) is 2.62. The Bertz CT molecular complexity index is 363. The predicted molar refractivity (Wildman–Crippen MR) is 59.7 cm³/mol. The first-order valence-electron chi connectivity index (χ1n) is 5.62. The fraction of sp³-hybridized carbons (Fsp3) is 0.538. The SMILES string of the molecule is Cc1ccccc1CN1CC2(COC2)C1. The van der Waals surface area contributed by atoms with E-state index in [-0.39, 0.29) is 0 Å². The standard InChI is InChI=1S/C13H17NO/c1-11-4-2-3-5-12(11)6-14-7-13(8-14)9-15-10-13/h2-5H,6-10H2,1H3. The van der Waals surface area contributed by atoms with E-state index in [9.17, 15) is 0 Å². The Kier molecular flexibility index (Phi) is 2.08. The van der Waals surface area contributed by atoms with E-state index in [0.717, 1.165) is 19.8 Å². The maximum atomic E-state index is 5.28. The summed E-state index contributed by atoms with van der Waals surface area (Å²) in [4.78, 5) is 2.52. The Morgan fingerprint density at radius 3 is 2.60 bits per heavy atom. The van der Waals surface area contributed by atoms with Crippen molar-refractivity contribution in [3.8, 4) is 0 Å². The fourth-order valence-corrected chi connectivity index (χ4v) is 2.62. The minimum atomic E-state index is 0.544. The van der Waals surface area contributed by atoms with E-state index in [1.165, 1.54) is 24.2 Å². The van der Waals surface area contributed by atoms with Gasteiger partial charge in [-0.3, -0.25) is 4.90 Å². The third-order valence-corrected chi connectivity index (χ3v) is 3.59. The topological polar surface area (TPSA) is 12.5 Å². The van der Waals surface area contributed by atoms with Crippen LogP contribution in [0.3, 0.4) is 0 Å². The van der Waals surface area contributed by atoms with Gasteiger partial charge in [0.05, 0.1) is 13.2 Å². The largest absolute Gasteiger partial charge is 0.380 e. The van der Waals surface area contributed by atoms with Gasteiger partial charge in [-0.1, -0.05) is 24.3 Å². The number of aryl methyl sites for hydroxylation is 1. The van der Waals surface area contributed by atoms with Crippen LogP contribution in [0.25, 0.3) is 0 Å². The van der Waals surface area contributed by atoms with Gasteiger partial charge in [0, 0.05) is 25.0 Å². The van der Waals surface area contributed by atoms with Gasteiger partial charge in [-0.25, -0.2) is 0 Å². The van der Waals surface area contributed by atoms with Crippen LogP contribution in [0.5, 0.6) is 0 Å². The number of nitrogens with zero attached hydrogens (tertiary/aromatic N) is 1. The number of rotatable bonds is 2. The lowest BCUT2D eigenvalue weighted by molar-refractivity contribution is -0.191. The molecule has 1 spiro atoms. The van der Waals surface area contributed by atoms with Crippen LogP contribution in [-0.2, 0) is 11.3 Å². The molecule has 2 aliphatic rings. The molecule has 15 heavy (non-hydrogen) atoms. The lowest BCUT2D eigenvalue weighted by Crippen LogP contribution is -2.65. The minimum absolute atomic E-state index is 0.544. The van der Waals surface area contributed by atoms with Crippen LogP contribution in [0, 0.1) is 12.3 Å². The highest BCUT2D eigenvalue weighted by atomic mass is 16.5.